The van der Waals surface area contributed by atoms with Gasteiger partial charge < -0.3 is 10.1 Å². The van der Waals surface area contributed by atoms with Gasteiger partial charge in [0, 0.05) is 8.24 Å². The fourth-order valence-corrected chi connectivity index (χ4v) is 2.25. The zero-order valence-electron chi connectivity index (χ0n) is 14.5. The number of hydrogen-bond donors (Lipinski definition) is 2. The van der Waals surface area contributed by atoms with Crippen molar-refractivity contribution in [3.05, 3.63) is 53.7 Å². The summed E-state index contributed by atoms with van der Waals surface area (Å²) in [5.41, 5.74) is 4.25. The van der Waals surface area contributed by atoms with Gasteiger partial charge in [-0.1, -0.05) is 32.0 Å². The van der Waals surface area contributed by atoms with Crippen molar-refractivity contribution in [2.24, 2.45) is 0 Å². The summed E-state index contributed by atoms with van der Waals surface area (Å²) < 4.78 is 5.18. The van der Waals surface area contributed by atoms with Crippen LogP contribution in [0.3, 0.4) is 0 Å². The van der Waals surface area contributed by atoms with Gasteiger partial charge in [0.1, 0.15) is 5.75 Å². The molecule has 0 saturated heterocycles. The molecule has 0 fully saturated rings. The maximum atomic E-state index is 10.9. The van der Waals surface area contributed by atoms with Crippen molar-refractivity contribution < 1.29 is 12.4 Å². The van der Waals surface area contributed by atoms with Gasteiger partial charge in [-0.05, 0) is 43.2 Å². The van der Waals surface area contributed by atoms with Crippen LogP contribution in [0.15, 0.2) is 42.6 Å². The third-order valence-corrected chi connectivity index (χ3v) is 3.37. The number of aromatic amines is 1. The number of ether oxygens (including phenoxy) is 1. The Balaban J connectivity index is 0.000000414. The highest BCUT2D eigenvalue weighted by atomic mass is 16.5. The van der Waals surface area contributed by atoms with E-state index >= 15 is 0 Å². The summed E-state index contributed by atoms with van der Waals surface area (Å²) in [6.07, 6.45) is 1.83. The second kappa shape index (κ2) is 8.15. The summed E-state index contributed by atoms with van der Waals surface area (Å²) in [5, 5.41) is 10.7. The molecule has 130 valence electrons. The molecule has 0 unspecified atom stereocenters. The van der Waals surface area contributed by atoms with E-state index in [2.05, 4.69) is 40.6 Å². The van der Waals surface area contributed by atoms with Gasteiger partial charge in [-0.3, -0.25) is 9.89 Å². The van der Waals surface area contributed by atoms with Crippen LogP contribution in [0.5, 0.6) is 5.75 Å². The van der Waals surface area contributed by atoms with E-state index in [4.69, 9.17) is 4.74 Å². The molecule has 4 rings (SSSR count). The second-order valence-corrected chi connectivity index (χ2v) is 5.30. The Labute approximate surface area is 145 Å². The molecule has 1 aliphatic heterocycles. The number of nitrogens with one attached hydrogen (secondary N) is 2. The Morgan fingerprint density at radius 1 is 1.08 bits per heavy atom. The van der Waals surface area contributed by atoms with E-state index < -0.39 is 0 Å². The third kappa shape index (κ3) is 4.35. The molecule has 0 bridgehead atoms. The predicted octanol–water partition coefficient (Wildman–Crippen LogP) is 4.72. The lowest BCUT2D eigenvalue weighted by atomic mass is 10.2. The number of amides is 1. The highest BCUT2D eigenvalue weighted by molar-refractivity contribution is 5.95. The monoisotopic (exact) mass is 329 g/mol. The van der Waals surface area contributed by atoms with Gasteiger partial charge in [0.05, 0.1) is 17.4 Å². The number of aryl methyl sites for hydroxylation is 2. The zero-order chi connectivity index (χ0) is 17.5. The van der Waals surface area contributed by atoms with Gasteiger partial charge in [-0.2, -0.15) is 5.10 Å². The van der Waals surface area contributed by atoms with Crippen molar-refractivity contribution in [3.8, 4) is 5.75 Å². The summed E-state index contributed by atoms with van der Waals surface area (Å²) in [6.45, 7) is 8.16. The van der Waals surface area contributed by atoms with Crippen LogP contribution in [0.4, 0.5) is 5.69 Å². The molecule has 0 spiro atoms. The molecule has 24 heavy (non-hydrogen) atoms. The molecule has 1 aromatic heterocycles. The van der Waals surface area contributed by atoms with Crippen molar-refractivity contribution in [3.63, 3.8) is 0 Å². The largest absolute Gasteiger partial charge is 0.482 e. The van der Waals surface area contributed by atoms with Gasteiger partial charge >= 0.3 is 0 Å². The summed E-state index contributed by atoms with van der Waals surface area (Å²) >= 11 is 0. The average Bonchev–Trinajstić information content (AvgIpc) is 3.04. The molecular formula is C19H27N3O2. The number of carbonyl (C=O) groups is 1. The first-order chi connectivity index (χ1) is 11.6. The van der Waals surface area contributed by atoms with Crippen LogP contribution < -0.4 is 10.1 Å². The number of H-pyrrole nitrogens is 1. The van der Waals surface area contributed by atoms with Crippen LogP contribution in [0, 0.1) is 13.8 Å². The lowest BCUT2D eigenvalue weighted by Gasteiger charge is -2.17. The molecule has 0 aliphatic carbocycles. The van der Waals surface area contributed by atoms with E-state index in [1.54, 1.807) is 0 Å². The lowest BCUT2D eigenvalue weighted by molar-refractivity contribution is -0.118. The van der Waals surface area contributed by atoms with Gasteiger partial charge in [0.15, 0.2) is 6.61 Å². The van der Waals surface area contributed by atoms with Gasteiger partial charge in [-0.25, -0.2) is 0 Å². The van der Waals surface area contributed by atoms with E-state index in [0.717, 1.165) is 22.5 Å². The number of nitrogens with zero attached hydrogens (tertiary/aromatic N) is 1. The van der Waals surface area contributed by atoms with Crippen molar-refractivity contribution >= 4 is 22.5 Å². The fourth-order valence-electron chi connectivity index (χ4n) is 2.25. The average molecular weight is 329 g/mol. The Hall–Kier alpha value is -2.82. The lowest BCUT2D eigenvalue weighted by Crippen LogP contribution is -2.25. The predicted molar refractivity (Wildman–Crippen MR) is 102 cm³/mol. The first-order valence-electron chi connectivity index (χ1n) is 8.05. The Kier molecular flexibility index (Phi) is 5.95. The van der Waals surface area contributed by atoms with E-state index in [1.165, 1.54) is 10.9 Å². The molecule has 0 radical (unpaired) electrons. The SMILES string of the molecule is CC.Cc1ccc2c(c1)NC(=O)CO2.Cc1ccc2cn[nH]c2c1.[HH].[HH]. The number of hydrogen-bond acceptors (Lipinski definition) is 3. The summed E-state index contributed by atoms with van der Waals surface area (Å²) in [4.78, 5) is 10.9. The quantitative estimate of drug-likeness (QED) is 0.627. The Bertz CT molecular complexity index is 835. The standard InChI is InChI=1S/C9H9NO2.C8H8N2.C2H6.2H2/c1-6-2-3-8-7(4-6)10-9(11)5-12-8;1-6-2-3-7-5-9-10-8(7)4-6;1-2;;/h2-4H,5H2,1H3,(H,10,11);2-5H,1H3,(H,9,10);1-2H3;2*1H. The minimum Gasteiger partial charge on any atom is -0.482 e. The summed E-state index contributed by atoms with van der Waals surface area (Å²) in [7, 11) is 0. The molecule has 5 nitrogen and oxygen atoms in total. The first-order valence-corrected chi connectivity index (χ1v) is 8.05. The molecule has 0 saturated carbocycles. The summed E-state index contributed by atoms with van der Waals surface area (Å²) in [5.74, 6) is 0.660. The number of carbonyl (C=O) groups excluding carboxylic acids is 1. The summed E-state index contributed by atoms with van der Waals surface area (Å²) in [6, 6.07) is 11.9. The van der Waals surface area contributed by atoms with Gasteiger partial charge in [-0.15, -0.1) is 0 Å². The fraction of sp³-hybridized carbons (Fsp3) is 0.263. The number of aromatic nitrogens is 2. The maximum absolute atomic E-state index is 10.9. The normalized spacial score (nSPS) is 11.9. The molecule has 1 aliphatic rings. The topological polar surface area (TPSA) is 67.0 Å². The number of fused-ring (bicyclic) bond motifs is 2. The molecular weight excluding hydrogens is 302 g/mol. The first kappa shape index (κ1) is 17.5. The minimum atomic E-state index is -0.0897. The van der Waals surface area contributed by atoms with Crippen LogP contribution in [0.2, 0.25) is 0 Å². The van der Waals surface area contributed by atoms with Gasteiger partial charge in [0.2, 0.25) is 0 Å². The van der Waals surface area contributed by atoms with Crippen LogP contribution in [0.1, 0.15) is 27.8 Å². The van der Waals surface area contributed by atoms with E-state index in [1.807, 2.05) is 45.2 Å². The zero-order valence-corrected chi connectivity index (χ0v) is 14.5. The maximum Gasteiger partial charge on any atom is 0.262 e. The molecule has 5 heteroatoms. The second-order valence-electron chi connectivity index (χ2n) is 5.30. The molecule has 3 aromatic rings. The van der Waals surface area contributed by atoms with Crippen molar-refractivity contribution in [1.82, 2.24) is 10.2 Å². The molecule has 2 heterocycles. The van der Waals surface area contributed by atoms with Crippen molar-refractivity contribution in [2.75, 3.05) is 11.9 Å². The Morgan fingerprint density at radius 3 is 2.58 bits per heavy atom. The Morgan fingerprint density at radius 2 is 1.79 bits per heavy atom. The number of benzene rings is 2. The molecule has 0 atom stereocenters. The highest BCUT2D eigenvalue weighted by Crippen LogP contribution is 2.27. The van der Waals surface area contributed by atoms with E-state index in [-0.39, 0.29) is 15.4 Å². The van der Waals surface area contributed by atoms with Crippen molar-refractivity contribution in [2.45, 2.75) is 27.7 Å². The van der Waals surface area contributed by atoms with Crippen molar-refractivity contribution in [1.29, 1.82) is 0 Å². The van der Waals surface area contributed by atoms with Crippen LogP contribution >= 0.6 is 0 Å². The van der Waals surface area contributed by atoms with Crippen LogP contribution in [-0.2, 0) is 4.79 Å². The smallest absolute Gasteiger partial charge is 0.262 e. The number of rotatable bonds is 0. The van der Waals surface area contributed by atoms with E-state index in [0.29, 0.717) is 0 Å². The molecule has 2 aromatic carbocycles. The molecule has 1 amide bonds. The molecule has 2 N–H and O–H groups in total. The highest BCUT2D eigenvalue weighted by Gasteiger charge is 2.14. The van der Waals surface area contributed by atoms with E-state index in [9.17, 15) is 4.79 Å². The minimum absolute atomic E-state index is 0. The third-order valence-electron chi connectivity index (χ3n) is 3.37. The van der Waals surface area contributed by atoms with Crippen LogP contribution in [0.25, 0.3) is 10.9 Å². The van der Waals surface area contributed by atoms with Crippen LogP contribution in [-0.4, -0.2) is 22.7 Å². The number of anilines is 1. The van der Waals surface area contributed by atoms with Gasteiger partial charge in [0.25, 0.3) is 5.91 Å².